The number of carboxylic acid groups (broad SMARTS) is 1. The number of nitrogens with zero attached hydrogens (tertiary/aromatic N) is 3. The summed E-state index contributed by atoms with van der Waals surface area (Å²) >= 11 is 1.18. The molecule has 0 aromatic heterocycles. The molecule has 2 N–H and O–H groups in total. The molecule has 3 aromatic carbocycles. The second-order valence-corrected chi connectivity index (χ2v) is 11.1. The third-order valence-corrected chi connectivity index (χ3v) is 8.15. The largest absolute Gasteiger partial charge is 0.497 e. The van der Waals surface area contributed by atoms with Gasteiger partial charge in [-0.1, -0.05) is 84.1 Å². The van der Waals surface area contributed by atoms with Gasteiger partial charge in [-0.05, 0) is 35.7 Å². The van der Waals surface area contributed by atoms with E-state index in [-0.39, 0.29) is 18.9 Å². The van der Waals surface area contributed by atoms with E-state index in [4.69, 9.17) is 9.84 Å². The van der Waals surface area contributed by atoms with Crippen LogP contribution in [0, 0.1) is 6.92 Å². The molecule has 3 atom stereocenters. The van der Waals surface area contributed by atoms with Gasteiger partial charge in [-0.2, -0.15) is 10.1 Å². The van der Waals surface area contributed by atoms with E-state index in [1.54, 1.807) is 24.3 Å². The summed E-state index contributed by atoms with van der Waals surface area (Å²) in [5.41, 5.74) is 4.78. The van der Waals surface area contributed by atoms with Crippen molar-refractivity contribution < 1.29 is 24.2 Å². The van der Waals surface area contributed by atoms with Crippen LogP contribution in [0.4, 0.5) is 0 Å². The van der Waals surface area contributed by atoms with Crippen LogP contribution in [0.15, 0.2) is 89.0 Å². The molecular weight excluding hydrogens is 540 g/mol. The molecular formula is C31H30N4O5S. The zero-order valence-corrected chi connectivity index (χ0v) is 23.5. The highest BCUT2D eigenvalue weighted by Gasteiger charge is 2.39. The van der Waals surface area contributed by atoms with Gasteiger partial charge in [0, 0.05) is 19.3 Å². The Balaban J connectivity index is 1.31. The van der Waals surface area contributed by atoms with Gasteiger partial charge in [0.05, 0.1) is 18.9 Å². The van der Waals surface area contributed by atoms with Crippen LogP contribution in [0.5, 0.6) is 5.75 Å². The lowest BCUT2D eigenvalue weighted by atomic mass is 9.98. The maximum Gasteiger partial charge on any atom is 0.326 e. The van der Waals surface area contributed by atoms with Crippen LogP contribution in [0.1, 0.15) is 41.1 Å². The summed E-state index contributed by atoms with van der Waals surface area (Å²) in [6.45, 7) is 2.03. The molecule has 0 bridgehead atoms. The normalized spacial score (nSPS) is 19.0. The molecule has 0 fully saturated rings. The Kier molecular flexibility index (Phi) is 8.49. The molecule has 2 aliphatic rings. The summed E-state index contributed by atoms with van der Waals surface area (Å²) in [5.74, 6) is -1.36. The zero-order chi connectivity index (χ0) is 28.9. The molecule has 10 heteroatoms. The maximum atomic E-state index is 12.9. The lowest BCUT2D eigenvalue weighted by molar-refractivity contribution is -0.141. The number of carbonyl (C=O) groups excluding carboxylic acids is 2. The van der Waals surface area contributed by atoms with Gasteiger partial charge < -0.3 is 15.2 Å². The quantitative estimate of drug-likeness (QED) is 0.392. The van der Waals surface area contributed by atoms with Crippen molar-refractivity contribution in [3.8, 4) is 5.75 Å². The summed E-state index contributed by atoms with van der Waals surface area (Å²) in [6, 6.07) is 23.6. The average molecular weight is 571 g/mol. The van der Waals surface area contributed by atoms with Gasteiger partial charge in [0.15, 0.2) is 5.17 Å². The van der Waals surface area contributed by atoms with Crippen molar-refractivity contribution >= 4 is 40.4 Å². The van der Waals surface area contributed by atoms with E-state index in [0.29, 0.717) is 11.6 Å². The number of methoxy groups -OCH3 is 1. The molecule has 41 heavy (non-hydrogen) atoms. The third-order valence-electron chi connectivity index (χ3n) is 7.01. The fourth-order valence-corrected chi connectivity index (χ4v) is 5.83. The number of nitrogens with one attached hydrogen (secondary N) is 1. The Labute approximate surface area is 242 Å². The number of thioether (sulfide) groups is 1. The Morgan fingerprint density at radius 1 is 1.07 bits per heavy atom. The molecule has 9 nitrogen and oxygen atoms in total. The summed E-state index contributed by atoms with van der Waals surface area (Å²) in [5, 5.41) is 18.5. The van der Waals surface area contributed by atoms with E-state index in [1.165, 1.54) is 11.8 Å². The number of aryl methyl sites for hydroxylation is 1. The SMILES string of the molecule is COc1ccc(C2CC(c3ccc(C)cc3)=NN2C2=NC(=O)C(CC(=O)NC(Cc3ccccc3)C(=O)O)S2)cc1. The molecule has 5 rings (SSSR count). The Morgan fingerprint density at radius 3 is 2.44 bits per heavy atom. The van der Waals surface area contributed by atoms with Crippen LogP contribution in [0.3, 0.4) is 0 Å². The van der Waals surface area contributed by atoms with Crippen LogP contribution in [0.25, 0.3) is 0 Å². The van der Waals surface area contributed by atoms with Gasteiger partial charge in [0.25, 0.3) is 5.91 Å². The number of hydrogen-bond donors (Lipinski definition) is 2. The van der Waals surface area contributed by atoms with Crippen LogP contribution < -0.4 is 10.1 Å². The number of ether oxygens (including phenoxy) is 1. The molecule has 0 radical (unpaired) electrons. The van der Waals surface area contributed by atoms with Crippen molar-refractivity contribution in [2.75, 3.05) is 7.11 Å². The summed E-state index contributed by atoms with van der Waals surface area (Å²) in [4.78, 5) is 41.8. The fourth-order valence-electron chi connectivity index (χ4n) is 4.77. The number of rotatable bonds is 9. The lowest BCUT2D eigenvalue weighted by Gasteiger charge is -2.23. The van der Waals surface area contributed by atoms with Gasteiger partial charge >= 0.3 is 5.97 Å². The average Bonchev–Trinajstić information content (AvgIpc) is 3.57. The molecule has 0 saturated heterocycles. The first-order chi connectivity index (χ1) is 19.8. The van der Waals surface area contributed by atoms with E-state index >= 15 is 0 Å². The third kappa shape index (κ3) is 6.66. The van der Waals surface area contributed by atoms with E-state index in [0.717, 1.165) is 33.7 Å². The van der Waals surface area contributed by atoms with Crippen molar-refractivity contribution in [3.05, 3.63) is 101 Å². The minimum Gasteiger partial charge on any atom is -0.497 e. The van der Waals surface area contributed by atoms with Crippen LogP contribution in [-0.2, 0) is 20.8 Å². The highest BCUT2D eigenvalue weighted by molar-refractivity contribution is 8.15. The standard InChI is InChI=1S/C31H30N4O5S/c1-19-8-10-21(11-9-19)24-17-26(22-12-14-23(40-2)15-13-22)35(34-24)31-33-29(37)27(41-31)18-28(36)32-25(30(38)39)16-20-6-4-3-5-7-20/h3-15,25-27H,16-18H2,1-2H3,(H,32,36)(H,38,39). The van der Waals surface area contributed by atoms with E-state index < -0.39 is 29.1 Å². The van der Waals surface area contributed by atoms with Crippen molar-refractivity contribution in [3.63, 3.8) is 0 Å². The van der Waals surface area contributed by atoms with Crippen molar-refractivity contribution in [1.82, 2.24) is 10.3 Å². The number of aliphatic carboxylic acids is 1. The molecule has 2 amide bonds. The van der Waals surface area contributed by atoms with Crippen molar-refractivity contribution in [2.45, 2.75) is 43.5 Å². The van der Waals surface area contributed by atoms with Gasteiger partial charge in [0.1, 0.15) is 17.0 Å². The van der Waals surface area contributed by atoms with E-state index in [1.807, 2.05) is 73.7 Å². The Hall–Kier alpha value is -4.44. The van der Waals surface area contributed by atoms with E-state index in [2.05, 4.69) is 10.3 Å². The number of amides is 2. The molecule has 3 aromatic rings. The first kappa shape index (κ1) is 28.1. The zero-order valence-electron chi connectivity index (χ0n) is 22.7. The smallest absolute Gasteiger partial charge is 0.326 e. The number of hydrazone groups is 1. The summed E-state index contributed by atoms with van der Waals surface area (Å²) in [6.07, 6.45) is 0.558. The van der Waals surface area contributed by atoms with Crippen molar-refractivity contribution in [1.29, 1.82) is 0 Å². The highest BCUT2D eigenvalue weighted by atomic mass is 32.2. The van der Waals surface area contributed by atoms with Gasteiger partial charge in [-0.15, -0.1) is 0 Å². The predicted molar refractivity (Wildman–Crippen MR) is 158 cm³/mol. The number of hydrogen-bond acceptors (Lipinski definition) is 7. The topological polar surface area (TPSA) is 121 Å². The number of carbonyl (C=O) groups is 3. The molecule has 3 unspecified atom stereocenters. The second kappa shape index (κ2) is 12.4. The number of aliphatic imine (C=N–C) groups is 1. The molecule has 2 heterocycles. The van der Waals surface area contributed by atoms with E-state index in [9.17, 15) is 19.5 Å². The van der Waals surface area contributed by atoms with Crippen LogP contribution in [0.2, 0.25) is 0 Å². The molecule has 0 spiro atoms. The minimum absolute atomic E-state index is 0.142. The molecule has 2 aliphatic heterocycles. The van der Waals surface area contributed by atoms with Crippen molar-refractivity contribution in [2.24, 2.45) is 10.1 Å². The Bertz CT molecular complexity index is 1490. The van der Waals surface area contributed by atoms with Gasteiger partial charge in [-0.3, -0.25) is 9.59 Å². The lowest BCUT2D eigenvalue weighted by Crippen LogP contribution is -2.43. The predicted octanol–water partition coefficient (Wildman–Crippen LogP) is 4.35. The number of carboxylic acids is 1. The highest BCUT2D eigenvalue weighted by Crippen LogP contribution is 2.39. The van der Waals surface area contributed by atoms with Gasteiger partial charge in [0.2, 0.25) is 5.91 Å². The minimum atomic E-state index is -1.14. The first-order valence-electron chi connectivity index (χ1n) is 13.2. The van der Waals surface area contributed by atoms with Gasteiger partial charge in [-0.25, -0.2) is 9.80 Å². The Morgan fingerprint density at radius 2 is 1.78 bits per heavy atom. The molecule has 210 valence electrons. The molecule has 0 saturated carbocycles. The number of benzene rings is 3. The second-order valence-electron chi connectivity index (χ2n) is 9.94. The fraction of sp³-hybridized carbons (Fsp3) is 0.258. The van der Waals surface area contributed by atoms with Crippen LogP contribution in [-0.4, -0.2) is 57.2 Å². The number of amidine groups is 1. The summed E-state index contributed by atoms with van der Waals surface area (Å²) in [7, 11) is 1.61. The molecule has 0 aliphatic carbocycles. The first-order valence-corrected chi connectivity index (χ1v) is 14.1. The van der Waals surface area contributed by atoms with Crippen LogP contribution >= 0.6 is 11.8 Å². The maximum absolute atomic E-state index is 12.9. The monoisotopic (exact) mass is 570 g/mol. The summed E-state index contributed by atoms with van der Waals surface area (Å²) < 4.78 is 5.31.